The van der Waals surface area contributed by atoms with Gasteiger partial charge in [-0.3, -0.25) is 0 Å². The summed E-state index contributed by atoms with van der Waals surface area (Å²) in [6.07, 6.45) is 6.57. The van der Waals surface area contributed by atoms with E-state index in [1.807, 2.05) is 43.4 Å². The Bertz CT molecular complexity index is 1760. The van der Waals surface area contributed by atoms with Gasteiger partial charge < -0.3 is 25.2 Å². The van der Waals surface area contributed by atoms with Crippen molar-refractivity contribution in [2.75, 3.05) is 5.75 Å². The monoisotopic (exact) mass is 694 g/mol. The van der Waals surface area contributed by atoms with Gasteiger partial charge in [0.05, 0.1) is 18.8 Å². The van der Waals surface area contributed by atoms with E-state index in [9.17, 15) is 9.90 Å². The number of nitrogens with zero attached hydrogens (tertiary/aromatic N) is 4. The Morgan fingerprint density at radius 3 is 2.28 bits per heavy atom. The lowest BCUT2D eigenvalue weighted by Crippen LogP contribution is -2.61. The molecule has 4 saturated carbocycles. The van der Waals surface area contributed by atoms with Crippen molar-refractivity contribution in [2.45, 2.75) is 87.8 Å². The van der Waals surface area contributed by atoms with Crippen LogP contribution in [0.15, 0.2) is 78.0 Å². The van der Waals surface area contributed by atoms with Crippen LogP contribution in [-0.4, -0.2) is 48.7 Å². The predicted octanol–water partition coefficient (Wildman–Crippen LogP) is 6.72. The molecule has 3 aromatic carbocycles. The Morgan fingerprint density at radius 2 is 1.62 bits per heavy atom. The summed E-state index contributed by atoms with van der Waals surface area (Å²) in [5.41, 5.74) is 6.04. The molecule has 11 heteroatoms. The molecule has 2 amide bonds. The molecule has 5 aliphatic rings. The number of rotatable bonds is 10. The smallest absolute Gasteiger partial charge is 0.315 e. The minimum atomic E-state index is -0.573. The van der Waals surface area contributed by atoms with Crippen LogP contribution in [0, 0.1) is 23.7 Å². The molecule has 4 bridgehead atoms. The summed E-state index contributed by atoms with van der Waals surface area (Å²) in [5, 5.41) is 28.8. The zero-order chi connectivity index (χ0) is 34.2. The van der Waals surface area contributed by atoms with Crippen LogP contribution in [0.25, 0.3) is 11.1 Å². The average molecular weight is 695 g/mol. The molecule has 9 rings (SSSR count). The molecule has 4 aliphatic carbocycles. The van der Waals surface area contributed by atoms with E-state index < -0.39 is 6.29 Å². The largest absolute Gasteiger partial charge is 0.392 e. The summed E-state index contributed by atoms with van der Waals surface area (Å²) in [6.45, 7) is 2.61. The second kappa shape index (κ2) is 14.1. The summed E-state index contributed by atoms with van der Waals surface area (Å²) in [4.78, 5) is 13.2. The van der Waals surface area contributed by atoms with Gasteiger partial charge in [0, 0.05) is 36.4 Å². The highest BCUT2D eigenvalue weighted by Crippen LogP contribution is 2.55. The maximum atomic E-state index is 13.2. The number of amides is 2. The number of nitrogens with one attached hydrogen (secondary N) is 2. The Kier molecular flexibility index (Phi) is 9.41. The molecule has 0 radical (unpaired) electrons. The van der Waals surface area contributed by atoms with Crippen molar-refractivity contribution in [3.63, 3.8) is 0 Å². The van der Waals surface area contributed by atoms with Crippen LogP contribution in [0.3, 0.4) is 0 Å². The number of hydrogen-bond acceptors (Lipinski definition) is 8. The SMILES string of the molecule is CC1C(CSc2nnnn2C)OC(c2ccc(-c3ccccc3CNC(=O)NC34CC5CC(CC(C5)C3)C4)cc2)OC1c1ccc(CO)cc1. The molecule has 0 spiro atoms. The van der Waals surface area contributed by atoms with Crippen LogP contribution in [0.1, 0.15) is 80.1 Å². The molecule has 1 aromatic heterocycles. The van der Waals surface area contributed by atoms with Crippen molar-refractivity contribution < 1.29 is 19.4 Å². The van der Waals surface area contributed by atoms with Crippen LogP contribution in [-0.2, 0) is 29.7 Å². The van der Waals surface area contributed by atoms with Crippen LogP contribution in [0.5, 0.6) is 0 Å². The Morgan fingerprint density at radius 1 is 0.940 bits per heavy atom. The van der Waals surface area contributed by atoms with E-state index in [1.165, 1.54) is 19.3 Å². The van der Waals surface area contributed by atoms with Gasteiger partial charge in [0.2, 0.25) is 5.16 Å². The van der Waals surface area contributed by atoms with Gasteiger partial charge in [0.25, 0.3) is 0 Å². The first kappa shape index (κ1) is 33.4. The molecule has 5 fully saturated rings. The molecule has 1 saturated heterocycles. The number of thioether (sulfide) groups is 1. The fourth-order valence-electron chi connectivity index (χ4n) is 9.31. The maximum absolute atomic E-state index is 13.2. The number of hydrogen-bond donors (Lipinski definition) is 3. The van der Waals surface area contributed by atoms with E-state index in [-0.39, 0.29) is 36.3 Å². The number of carbonyl (C=O) groups is 1. The molecule has 50 heavy (non-hydrogen) atoms. The van der Waals surface area contributed by atoms with Crippen molar-refractivity contribution >= 4 is 17.8 Å². The topological polar surface area (TPSA) is 123 Å². The Hall–Kier alpha value is -3.77. The summed E-state index contributed by atoms with van der Waals surface area (Å²) >= 11 is 1.57. The minimum Gasteiger partial charge on any atom is -0.392 e. The maximum Gasteiger partial charge on any atom is 0.315 e. The van der Waals surface area contributed by atoms with Crippen molar-refractivity contribution in [1.82, 2.24) is 30.8 Å². The van der Waals surface area contributed by atoms with Gasteiger partial charge in [-0.05, 0) is 94.5 Å². The third-order valence-electron chi connectivity index (χ3n) is 11.4. The highest BCUT2D eigenvalue weighted by Gasteiger charge is 2.51. The van der Waals surface area contributed by atoms with E-state index in [4.69, 9.17) is 9.47 Å². The standard InChI is InChI=1S/C39H46N6O4S/c1-24-34(23-50-38-42-43-44-45(38)2)48-36(49-35(24)30-9-7-25(22-46)8-10-30)31-13-11-29(12-14-31)33-6-4-3-5-32(33)21-40-37(47)41-39-18-26-15-27(19-39)17-28(16-26)20-39/h3-14,24,26-28,34-36,46H,15-23H2,1-2H3,(H2,40,41,47). The van der Waals surface area contributed by atoms with Gasteiger partial charge in [-0.1, -0.05) is 91.5 Å². The summed E-state index contributed by atoms with van der Waals surface area (Å²) < 4.78 is 15.0. The van der Waals surface area contributed by atoms with Gasteiger partial charge in [-0.15, -0.1) is 5.10 Å². The highest BCUT2D eigenvalue weighted by molar-refractivity contribution is 7.99. The molecular weight excluding hydrogens is 649 g/mol. The molecule has 4 aromatic rings. The zero-order valence-electron chi connectivity index (χ0n) is 28.7. The van der Waals surface area contributed by atoms with Crippen LogP contribution in [0.2, 0.25) is 0 Å². The number of tetrazole rings is 1. The van der Waals surface area contributed by atoms with Crippen LogP contribution in [0.4, 0.5) is 4.79 Å². The third-order valence-corrected chi connectivity index (χ3v) is 12.5. The Labute approximate surface area is 297 Å². The van der Waals surface area contributed by atoms with E-state index in [2.05, 4.69) is 69.5 Å². The fraction of sp³-hybridized carbons (Fsp3) is 0.487. The highest BCUT2D eigenvalue weighted by atomic mass is 32.2. The number of aryl methyl sites for hydroxylation is 1. The van der Waals surface area contributed by atoms with Crippen molar-refractivity contribution in [3.8, 4) is 11.1 Å². The number of urea groups is 1. The first-order chi connectivity index (χ1) is 24.3. The van der Waals surface area contributed by atoms with Crippen molar-refractivity contribution in [2.24, 2.45) is 30.7 Å². The number of ether oxygens (including phenoxy) is 2. The van der Waals surface area contributed by atoms with Crippen LogP contribution >= 0.6 is 11.8 Å². The molecule has 10 nitrogen and oxygen atoms in total. The van der Waals surface area contributed by atoms with Crippen molar-refractivity contribution in [3.05, 3.63) is 95.1 Å². The first-order valence-corrected chi connectivity index (χ1v) is 18.9. The molecule has 4 unspecified atom stereocenters. The van der Waals surface area contributed by atoms with Gasteiger partial charge >= 0.3 is 6.03 Å². The predicted molar refractivity (Wildman–Crippen MR) is 191 cm³/mol. The number of aliphatic hydroxyl groups is 1. The molecule has 1 aliphatic heterocycles. The molecule has 4 atom stereocenters. The van der Waals surface area contributed by atoms with Gasteiger partial charge in [0.15, 0.2) is 6.29 Å². The normalized spacial score (nSPS) is 29.9. The van der Waals surface area contributed by atoms with E-state index in [1.54, 1.807) is 16.4 Å². The lowest BCUT2D eigenvalue weighted by molar-refractivity contribution is -0.268. The van der Waals surface area contributed by atoms with Gasteiger partial charge in [0.1, 0.15) is 0 Å². The van der Waals surface area contributed by atoms with Crippen LogP contribution < -0.4 is 10.6 Å². The molecule has 262 valence electrons. The third kappa shape index (κ3) is 6.93. The fourth-order valence-corrected chi connectivity index (χ4v) is 10.3. The van der Waals surface area contributed by atoms with Gasteiger partial charge in [-0.25, -0.2) is 9.48 Å². The number of benzene rings is 3. The summed E-state index contributed by atoms with van der Waals surface area (Å²) in [6, 6.07) is 24.5. The average Bonchev–Trinajstić information content (AvgIpc) is 3.54. The van der Waals surface area contributed by atoms with E-state index in [0.717, 1.165) is 75.6 Å². The van der Waals surface area contributed by atoms with Crippen molar-refractivity contribution in [1.29, 1.82) is 0 Å². The number of aliphatic hydroxyl groups excluding tert-OH is 1. The lowest BCUT2D eigenvalue weighted by atomic mass is 9.53. The molecule has 3 N–H and O–H groups in total. The lowest BCUT2D eigenvalue weighted by Gasteiger charge is -2.56. The molecular formula is C39H46N6O4S. The minimum absolute atomic E-state index is 0.00132. The first-order valence-electron chi connectivity index (χ1n) is 17.9. The second-order valence-electron chi connectivity index (χ2n) is 15.0. The van der Waals surface area contributed by atoms with E-state index >= 15 is 0 Å². The number of aromatic nitrogens is 4. The van der Waals surface area contributed by atoms with E-state index in [0.29, 0.717) is 12.3 Å². The zero-order valence-corrected chi connectivity index (χ0v) is 29.5. The molecule has 2 heterocycles. The quantitative estimate of drug-likeness (QED) is 0.156. The number of carbonyl (C=O) groups excluding carboxylic acids is 1. The summed E-state index contributed by atoms with van der Waals surface area (Å²) in [5.74, 6) is 3.07. The van der Waals surface area contributed by atoms with Gasteiger partial charge in [-0.2, -0.15) is 0 Å². The second-order valence-corrected chi connectivity index (χ2v) is 16.0. The summed E-state index contributed by atoms with van der Waals surface area (Å²) in [7, 11) is 1.83. The Balaban J connectivity index is 0.964.